The van der Waals surface area contributed by atoms with E-state index in [4.69, 9.17) is 5.11 Å². The smallest absolute Gasteiger partial charge is 0.339 e. The molecule has 1 aromatic rings. The average Bonchev–Trinajstić information content (AvgIpc) is 2.23. The zero-order valence-corrected chi connectivity index (χ0v) is 9.55. The number of carboxylic acid groups (broad SMARTS) is 1. The molecule has 0 bridgehead atoms. The summed E-state index contributed by atoms with van der Waals surface area (Å²) in [6.45, 7) is 2.24. The van der Waals surface area contributed by atoms with E-state index in [2.05, 4.69) is 0 Å². The van der Waals surface area contributed by atoms with E-state index in [0.717, 1.165) is 6.92 Å². The highest BCUT2D eigenvalue weighted by molar-refractivity contribution is 6.21. The largest absolute Gasteiger partial charge is 0.478 e. The molecule has 0 unspecified atom stereocenters. The predicted octanol–water partition coefficient (Wildman–Crippen LogP) is 2.55. The molecule has 1 aromatic carbocycles. The third kappa shape index (κ3) is 2.58. The van der Waals surface area contributed by atoms with Crippen LogP contribution in [-0.2, 0) is 9.59 Å². The fourth-order valence-corrected chi connectivity index (χ4v) is 1.49. The minimum Gasteiger partial charge on any atom is -0.478 e. The Morgan fingerprint density at radius 3 is 1.83 bits per heavy atom. The van der Waals surface area contributed by atoms with Crippen LogP contribution in [0.1, 0.15) is 19.4 Å². The van der Waals surface area contributed by atoms with Crippen molar-refractivity contribution in [3.05, 3.63) is 40.7 Å². The summed E-state index contributed by atoms with van der Waals surface area (Å²) < 4.78 is 38.7. The molecule has 0 aromatic heterocycles. The van der Waals surface area contributed by atoms with Crippen LogP contribution in [0.2, 0.25) is 0 Å². The second-order valence-corrected chi connectivity index (χ2v) is 3.62. The van der Waals surface area contributed by atoms with E-state index in [9.17, 15) is 22.8 Å². The van der Waals surface area contributed by atoms with Crippen LogP contribution in [0, 0.1) is 17.5 Å². The Hall–Kier alpha value is -2.11. The van der Waals surface area contributed by atoms with Crippen molar-refractivity contribution >= 4 is 17.3 Å². The Balaban J connectivity index is 3.50. The molecule has 18 heavy (non-hydrogen) atoms. The van der Waals surface area contributed by atoms with Gasteiger partial charge in [0, 0.05) is 0 Å². The number of carbonyl (C=O) groups excluding carboxylic acids is 1. The fraction of sp³-hybridized carbons (Fsp3) is 0.167. The predicted molar refractivity (Wildman–Crippen MR) is 57.2 cm³/mol. The van der Waals surface area contributed by atoms with Crippen LogP contribution in [0.25, 0.3) is 5.57 Å². The number of aliphatic carboxylic acids is 1. The first kappa shape index (κ1) is 14.0. The Bertz CT molecular complexity index is 523. The monoisotopic (exact) mass is 258 g/mol. The van der Waals surface area contributed by atoms with E-state index in [1.54, 1.807) is 0 Å². The summed E-state index contributed by atoms with van der Waals surface area (Å²) in [6, 6.07) is 1.28. The van der Waals surface area contributed by atoms with Gasteiger partial charge in [0.05, 0.1) is 0 Å². The third-order valence-corrected chi connectivity index (χ3v) is 2.36. The van der Waals surface area contributed by atoms with Crippen LogP contribution in [0.4, 0.5) is 13.2 Å². The number of ketones is 1. The van der Waals surface area contributed by atoms with Crippen molar-refractivity contribution in [3.8, 4) is 0 Å². The molecule has 0 amide bonds. The lowest BCUT2D eigenvalue weighted by atomic mass is 9.99. The third-order valence-electron chi connectivity index (χ3n) is 2.36. The van der Waals surface area contributed by atoms with Gasteiger partial charge in [-0.3, -0.25) is 4.79 Å². The first-order valence-corrected chi connectivity index (χ1v) is 4.85. The van der Waals surface area contributed by atoms with E-state index < -0.39 is 34.8 Å². The summed E-state index contributed by atoms with van der Waals surface area (Å²) in [7, 11) is 0. The van der Waals surface area contributed by atoms with Gasteiger partial charge in [0.2, 0.25) is 0 Å². The first-order valence-electron chi connectivity index (χ1n) is 4.85. The van der Waals surface area contributed by atoms with Gasteiger partial charge in [-0.05, 0) is 37.1 Å². The van der Waals surface area contributed by atoms with Gasteiger partial charge in [0.25, 0.3) is 0 Å². The van der Waals surface area contributed by atoms with E-state index in [-0.39, 0.29) is 11.1 Å². The molecule has 3 nitrogen and oxygen atoms in total. The molecule has 0 saturated carbocycles. The molecule has 0 atom stereocenters. The summed E-state index contributed by atoms with van der Waals surface area (Å²) in [5.74, 6) is -6.81. The molecule has 0 heterocycles. The lowest BCUT2D eigenvalue weighted by Crippen LogP contribution is -2.11. The lowest BCUT2D eigenvalue weighted by Gasteiger charge is -2.07. The molecule has 0 aliphatic rings. The van der Waals surface area contributed by atoms with E-state index in [1.165, 1.54) is 6.92 Å². The maximum absolute atomic E-state index is 13.0. The van der Waals surface area contributed by atoms with E-state index in [1.807, 2.05) is 0 Å². The van der Waals surface area contributed by atoms with Crippen molar-refractivity contribution in [2.75, 3.05) is 0 Å². The van der Waals surface area contributed by atoms with Crippen molar-refractivity contribution in [1.82, 2.24) is 0 Å². The molecule has 6 heteroatoms. The molecule has 0 aliphatic carbocycles. The van der Waals surface area contributed by atoms with Crippen LogP contribution in [-0.4, -0.2) is 16.9 Å². The summed E-state index contributed by atoms with van der Waals surface area (Å²) in [4.78, 5) is 22.0. The van der Waals surface area contributed by atoms with Gasteiger partial charge in [-0.1, -0.05) is 0 Å². The molecular weight excluding hydrogens is 249 g/mol. The van der Waals surface area contributed by atoms with Crippen LogP contribution in [0.5, 0.6) is 0 Å². The van der Waals surface area contributed by atoms with Gasteiger partial charge in [-0.25, -0.2) is 18.0 Å². The van der Waals surface area contributed by atoms with Crippen molar-refractivity contribution in [3.63, 3.8) is 0 Å². The van der Waals surface area contributed by atoms with Gasteiger partial charge >= 0.3 is 5.97 Å². The molecule has 1 rings (SSSR count). The van der Waals surface area contributed by atoms with E-state index >= 15 is 0 Å². The highest BCUT2D eigenvalue weighted by Gasteiger charge is 2.19. The molecule has 0 aliphatic heterocycles. The molecule has 0 spiro atoms. The number of rotatable bonds is 3. The van der Waals surface area contributed by atoms with Crippen molar-refractivity contribution in [2.45, 2.75) is 13.8 Å². The summed E-state index contributed by atoms with van der Waals surface area (Å²) in [5.41, 5.74) is -0.924. The van der Waals surface area contributed by atoms with Gasteiger partial charge in [0.1, 0.15) is 5.57 Å². The normalized spacial score (nSPS) is 12.1. The minimum absolute atomic E-state index is 0.132. The Morgan fingerprint density at radius 1 is 1.06 bits per heavy atom. The zero-order chi connectivity index (χ0) is 14.0. The number of carbonyl (C=O) groups is 2. The highest BCUT2D eigenvalue weighted by atomic mass is 19.2. The first-order chi connectivity index (χ1) is 8.25. The zero-order valence-electron chi connectivity index (χ0n) is 9.55. The second kappa shape index (κ2) is 5.03. The van der Waals surface area contributed by atoms with Gasteiger partial charge in [-0.2, -0.15) is 0 Å². The molecule has 1 N–H and O–H groups in total. The Labute approximate surface area is 101 Å². The van der Waals surface area contributed by atoms with Crippen molar-refractivity contribution < 1.29 is 27.9 Å². The maximum Gasteiger partial charge on any atom is 0.339 e. The summed E-state index contributed by atoms with van der Waals surface area (Å²) >= 11 is 0. The fourth-order valence-electron chi connectivity index (χ4n) is 1.49. The van der Waals surface area contributed by atoms with E-state index in [0.29, 0.717) is 12.1 Å². The lowest BCUT2D eigenvalue weighted by molar-refractivity contribution is -0.134. The average molecular weight is 258 g/mol. The summed E-state index contributed by atoms with van der Waals surface area (Å²) in [6.07, 6.45) is 0. The van der Waals surface area contributed by atoms with Gasteiger partial charge in [-0.15, -0.1) is 0 Å². The number of halogens is 3. The van der Waals surface area contributed by atoms with Crippen LogP contribution in [0.15, 0.2) is 17.7 Å². The topological polar surface area (TPSA) is 54.4 Å². The van der Waals surface area contributed by atoms with Crippen LogP contribution >= 0.6 is 0 Å². The van der Waals surface area contributed by atoms with Crippen molar-refractivity contribution in [2.24, 2.45) is 0 Å². The van der Waals surface area contributed by atoms with Gasteiger partial charge < -0.3 is 5.11 Å². The molecule has 0 saturated heterocycles. The van der Waals surface area contributed by atoms with Crippen molar-refractivity contribution in [1.29, 1.82) is 0 Å². The Kier molecular flexibility index (Phi) is 3.90. The second-order valence-electron chi connectivity index (χ2n) is 3.62. The SMILES string of the molecule is CC(=O)C(C(=O)O)=C(C)c1cc(F)c(F)c(F)c1. The maximum atomic E-state index is 13.0. The number of benzene rings is 1. The number of allylic oxidation sites excluding steroid dienone is 1. The number of hydrogen-bond acceptors (Lipinski definition) is 2. The molecular formula is C12H9F3O3. The van der Waals surface area contributed by atoms with Crippen LogP contribution in [0.3, 0.4) is 0 Å². The van der Waals surface area contributed by atoms with Crippen LogP contribution < -0.4 is 0 Å². The quantitative estimate of drug-likeness (QED) is 0.392. The number of Topliss-reactive ketones (excluding diaryl/α,β-unsaturated/α-hetero) is 1. The minimum atomic E-state index is -1.65. The van der Waals surface area contributed by atoms with Gasteiger partial charge in [0.15, 0.2) is 23.2 Å². The Morgan fingerprint density at radius 2 is 1.50 bits per heavy atom. The number of carboxylic acids is 1. The standard InChI is InChI=1S/C12H9F3O3/c1-5(10(6(2)16)12(17)18)7-3-8(13)11(15)9(14)4-7/h3-4H,1-2H3,(H,17,18). The molecule has 0 fully saturated rings. The summed E-state index contributed by atoms with van der Waals surface area (Å²) in [5, 5.41) is 8.83. The number of hydrogen-bond donors (Lipinski definition) is 1. The highest BCUT2D eigenvalue weighted by Crippen LogP contribution is 2.23. The molecule has 96 valence electrons. The molecule has 0 radical (unpaired) electrons.